The molecular weight excluding hydrogens is 360 g/mol. The lowest BCUT2D eigenvalue weighted by atomic mass is 10.3. The third kappa shape index (κ3) is 3.79. The van der Waals surface area contributed by atoms with Gasteiger partial charge in [-0.15, -0.1) is 0 Å². The maximum atomic E-state index is 12.0. The second kappa shape index (κ2) is 6.83. The molecule has 0 aliphatic carbocycles. The SMILES string of the molecule is Cc1nc(NC(=O)c2cncc(Br)c2)sc1SCC#N. The average molecular weight is 369 g/mol. The molecule has 0 aliphatic heterocycles. The highest BCUT2D eigenvalue weighted by Gasteiger charge is 2.12. The van der Waals surface area contributed by atoms with E-state index in [0.717, 1.165) is 14.4 Å². The van der Waals surface area contributed by atoms with Crippen LogP contribution in [0.15, 0.2) is 27.1 Å². The Morgan fingerprint density at radius 2 is 2.40 bits per heavy atom. The summed E-state index contributed by atoms with van der Waals surface area (Å²) in [5.74, 6) is 0.107. The van der Waals surface area contributed by atoms with Crippen LogP contribution in [0, 0.1) is 18.3 Å². The van der Waals surface area contributed by atoms with Gasteiger partial charge in [-0.1, -0.05) is 23.1 Å². The molecule has 0 atom stereocenters. The fourth-order valence-electron chi connectivity index (χ4n) is 1.37. The fourth-order valence-corrected chi connectivity index (χ4v) is 3.53. The number of anilines is 1. The number of nitriles is 1. The molecule has 2 aromatic rings. The first-order valence-corrected chi connectivity index (χ1v) is 8.08. The third-order valence-electron chi connectivity index (χ3n) is 2.21. The van der Waals surface area contributed by atoms with Crippen LogP contribution in [0.4, 0.5) is 5.13 Å². The Labute approximate surface area is 132 Å². The lowest BCUT2D eigenvalue weighted by Gasteiger charge is -2.01. The van der Waals surface area contributed by atoms with E-state index in [1.165, 1.54) is 29.3 Å². The minimum Gasteiger partial charge on any atom is -0.298 e. The summed E-state index contributed by atoms with van der Waals surface area (Å²) in [6.45, 7) is 1.85. The van der Waals surface area contributed by atoms with Crippen LogP contribution in [-0.4, -0.2) is 21.6 Å². The number of pyridine rings is 1. The second-order valence-corrected chi connectivity index (χ2v) is 6.84. The summed E-state index contributed by atoms with van der Waals surface area (Å²) >= 11 is 6.05. The highest BCUT2D eigenvalue weighted by atomic mass is 79.9. The summed E-state index contributed by atoms with van der Waals surface area (Å²) in [7, 11) is 0. The van der Waals surface area contributed by atoms with E-state index >= 15 is 0 Å². The van der Waals surface area contributed by atoms with Crippen molar-refractivity contribution in [3.8, 4) is 6.07 Å². The van der Waals surface area contributed by atoms with Crippen molar-refractivity contribution in [1.29, 1.82) is 5.26 Å². The molecule has 2 rings (SSSR count). The molecule has 2 aromatic heterocycles. The van der Waals surface area contributed by atoms with Crippen LogP contribution in [0.1, 0.15) is 16.1 Å². The maximum absolute atomic E-state index is 12.0. The van der Waals surface area contributed by atoms with Crippen molar-refractivity contribution in [1.82, 2.24) is 9.97 Å². The van der Waals surface area contributed by atoms with Gasteiger partial charge in [0.1, 0.15) is 0 Å². The van der Waals surface area contributed by atoms with Crippen LogP contribution >= 0.6 is 39.0 Å². The molecule has 2 heterocycles. The van der Waals surface area contributed by atoms with Crippen molar-refractivity contribution in [2.75, 3.05) is 11.1 Å². The van der Waals surface area contributed by atoms with Gasteiger partial charge in [0.25, 0.3) is 5.91 Å². The normalized spacial score (nSPS) is 10.1. The van der Waals surface area contributed by atoms with Gasteiger partial charge in [-0.25, -0.2) is 4.98 Å². The van der Waals surface area contributed by atoms with Crippen LogP contribution in [0.2, 0.25) is 0 Å². The Morgan fingerprint density at radius 3 is 3.10 bits per heavy atom. The number of thioether (sulfide) groups is 1. The molecule has 0 spiro atoms. The van der Waals surface area contributed by atoms with Crippen molar-refractivity contribution in [3.05, 3.63) is 34.2 Å². The van der Waals surface area contributed by atoms with Gasteiger partial charge in [-0.05, 0) is 28.9 Å². The first-order valence-electron chi connectivity index (χ1n) is 5.49. The topological polar surface area (TPSA) is 78.7 Å². The number of rotatable bonds is 4. The molecule has 8 heteroatoms. The molecule has 0 unspecified atom stereocenters. The first-order chi connectivity index (χ1) is 9.60. The van der Waals surface area contributed by atoms with Crippen molar-refractivity contribution in [3.63, 3.8) is 0 Å². The third-order valence-corrected chi connectivity index (χ3v) is 4.95. The number of nitrogens with one attached hydrogen (secondary N) is 1. The predicted octanol–water partition coefficient (Wildman–Crippen LogP) is 3.48. The molecular formula is C12H9BrN4OS2. The largest absolute Gasteiger partial charge is 0.298 e. The van der Waals surface area contributed by atoms with Gasteiger partial charge in [0.15, 0.2) is 5.13 Å². The molecule has 20 heavy (non-hydrogen) atoms. The second-order valence-electron chi connectivity index (χ2n) is 3.68. The van der Waals surface area contributed by atoms with E-state index in [9.17, 15) is 4.79 Å². The van der Waals surface area contributed by atoms with Crippen LogP contribution < -0.4 is 5.32 Å². The molecule has 0 fully saturated rings. The standard InChI is InChI=1S/C12H9BrN4OS2/c1-7-11(19-3-2-14)20-12(16-7)17-10(18)8-4-9(13)6-15-5-8/h4-6H,3H2,1H3,(H,16,17,18). The minimum absolute atomic E-state index is 0.260. The molecule has 0 aliphatic rings. The number of hydrogen-bond acceptors (Lipinski definition) is 6. The number of carbonyl (C=O) groups excluding carboxylic acids is 1. The Hall–Kier alpha value is -1.43. The lowest BCUT2D eigenvalue weighted by Crippen LogP contribution is -2.11. The van der Waals surface area contributed by atoms with E-state index < -0.39 is 0 Å². The van der Waals surface area contributed by atoms with E-state index in [4.69, 9.17) is 5.26 Å². The van der Waals surface area contributed by atoms with Gasteiger partial charge in [0.2, 0.25) is 0 Å². The molecule has 5 nitrogen and oxygen atoms in total. The quantitative estimate of drug-likeness (QED) is 0.835. The Morgan fingerprint density at radius 1 is 1.60 bits per heavy atom. The van der Waals surface area contributed by atoms with Crippen molar-refractivity contribution in [2.24, 2.45) is 0 Å². The van der Waals surface area contributed by atoms with Gasteiger partial charge in [-0.2, -0.15) is 5.26 Å². The number of hydrogen-bond donors (Lipinski definition) is 1. The highest BCUT2D eigenvalue weighted by Crippen LogP contribution is 2.31. The van der Waals surface area contributed by atoms with Crippen molar-refractivity contribution >= 4 is 50.1 Å². The van der Waals surface area contributed by atoms with E-state index in [1.54, 1.807) is 12.3 Å². The summed E-state index contributed by atoms with van der Waals surface area (Å²) in [6, 6.07) is 3.76. The number of aryl methyl sites for hydroxylation is 1. The molecule has 0 aromatic carbocycles. The predicted molar refractivity (Wildman–Crippen MR) is 83.1 cm³/mol. The smallest absolute Gasteiger partial charge is 0.259 e. The van der Waals surface area contributed by atoms with E-state index in [1.807, 2.05) is 6.92 Å². The van der Waals surface area contributed by atoms with Crippen molar-refractivity contribution in [2.45, 2.75) is 11.1 Å². The summed E-state index contributed by atoms with van der Waals surface area (Å²) in [5, 5.41) is 11.8. The number of aromatic nitrogens is 2. The van der Waals surface area contributed by atoms with Gasteiger partial charge in [0, 0.05) is 16.9 Å². The number of nitrogens with zero attached hydrogens (tertiary/aromatic N) is 3. The number of halogens is 1. The van der Waals surface area contributed by atoms with Crippen LogP contribution in [0.3, 0.4) is 0 Å². The first kappa shape index (κ1) is 15.0. The van der Waals surface area contributed by atoms with Crippen molar-refractivity contribution < 1.29 is 4.79 Å². The van der Waals surface area contributed by atoms with Crippen LogP contribution in [0.5, 0.6) is 0 Å². The number of carbonyl (C=O) groups is 1. The molecule has 0 saturated carbocycles. The fraction of sp³-hybridized carbons (Fsp3) is 0.167. The Balaban J connectivity index is 2.10. The molecule has 1 amide bonds. The molecule has 1 N–H and O–H groups in total. The summed E-state index contributed by atoms with van der Waals surface area (Å²) in [5.41, 5.74) is 1.27. The van der Waals surface area contributed by atoms with Gasteiger partial charge in [0.05, 0.1) is 27.3 Å². The zero-order chi connectivity index (χ0) is 14.5. The monoisotopic (exact) mass is 368 g/mol. The molecule has 0 bridgehead atoms. The van der Waals surface area contributed by atoms with Gasteiger partial charge >= 0.3 is 0 Å². The summed E-state index contributed by atoms with van der Waals surface area (Å²) in [4.78, 5) is 20.3. The highest BCUT2D eigenvalue weighted by molar-refractivity contribution is 9.10. The molecule has 0 radical (unpaired) electrons. The Bertz CT molecular complexity index is 680. The van der Waals surface area contributed by atoms with E-state index in [0.29, 0.717) is 16.4 Å². The van der Waals surface area contributed by atoms with Crippen LogP contribution in [-0.2, 0) is 0 Å². The van der Waals surface area contributed by atoms with Gasteiger partial charge in [-0.3, -0.25) is 15.1 Å². The van der Waals surface area contributed by atoms with E-state index in [2.05, 4.69) is 37.3 Å². The number of amides is 1. The number of thiazole rings is 1. The average Bonchev–Trinajstić information content (AvgIpc) is 2.76. The van der Waals surface area contributed by atoms with Gasteiger partial charge < -0.3 is 0 Å². The summed E-state index contributed by atoms with van der Waals surface area (Å²) in [6.07, 6.45) is 3.10. The Kier molecular flexibility index (Phi) is 5.11. The lowest BCUT2D eigenvalue weighted by molar-refractivity contribution is 0.102. The minimum atomic E-state index is -0.260. The van der Waals surface area contributed by atoms with E-state index in [-0.39, 0.29) is 5.91 Å². The maximum Gasteiger partial charge on any atom is 0.259 e. The molecule has 0 saturated heterocycles. The zero-order valence-corrected chi connectivity index (χ0v) is 13.6. The zero-order valence-electron chi connectivity index (χ0n) is 10.4. The summed E-state index contributed by atoms with van der Waals surface area (Å²) < 4.78 is 1.68. The molecule has 102 valence electrons. The van der Waals surface area contributed by atoms with Crippen LogP contribution in [0.25, 0.3) is 0 Å².